The van der Waals surface area contributed by atoms with Crippen LogP contribution in [-0.4, -0.2) is 17.1 Å². The van der Waals surface area contributed by atoms with E-state index < -0.39 is 12.0 Å². The van der Waals surface area contributed by atoms with Gasteiger partial charge in [-0.1, -0.05) is 26.3 Å². The molecular formula is C9H17NO2. The van der Waals surface area contributed by atoms with Gasteiger partial charge in [-0.2, -0.15) is 0 Å². The van der Waals surface area contributed by atoms with Crippen LogP contribution < -0.4 is 5.73 Å². The molecule has 1 unspecified atom stereocenters. The van der Waals surface area contributed by atoms with E-state index in [0.29, 0.717) is 0 Å². The Labute approximate surface area is 73.3 Å². The quantitative estimate of drug-likeness (QED) is 0.617. The van der Waals surface area contributed by atoms with Crippen LogP contribution in [0.2, 0.25) is 0 Å². The molecule has 0 aliphatic rings. The molecule has 0 rings (SSSR count). The third-order valence-corrected chi connectivity index (χ3v) is 1.67. The monoisotopic (exact) mass is 171 g/mol. The van der Waals surface area contributed by atoms with E-state index >= 15 is 0 Å². The van der Waals surface area contributed by atoms with Crippen LogP contribution >= 0.6 is 0 Å². The zero-order valence-corrected chi connectivity index (χ0v) is 7.71. The smallest absolute Gasteiger partial charge is 0.324 e. The zero-order valence-electron chi connectivity index (χ0n) is 7.71. The minimum absolute atomic E-state index is 0.779. The average Bonchev–Trinajstić information content (AvgIpc) is 2.03. The molecule has 0 spiro atoms. The highest BCUT2D eigenvalue weighted by molar-refractivity contribution is 5.77. The molecule has 0 aliphatic heterocycles. The highest BCUT2D eigenvalue weighted by Gasteiger charge is 2.15. The van der Waals surface area contributed by atoms with Crippen LogP contribution in [0.1, 0.15) is 33.1 Å². The van der Waals surface area contributed by atoms with Gasteiger partial charge in [0.1, 0.15) is 6.04 Å². The van der Waals surface area contributed by atoms with E-state index in [4.69, 9.17) is 10.8 Å². The second kappa shape index (κ2) is 5.77. The minimum atomic E-state index is -0.942. The molecule has 3 nitrogen and oxygen atoms in total. The Morgan fingerprint density at radius 2 is 2.17 bits per heavy atom. The van der Waals surface area contributed by atoms with Crippen LogP contribution in [0.25, 0.3) is 0 Å². The molecule has 0 aliphatic carbocycles. The van der Waals surface area contributed by atoms with E-state index in [1.54, 1.807) is 0 Å². The summed E-state index contributed by atoms with van der Waals surface area (Å²) < 4.78 is 0. The van der Waals surface area contributed by atoms with Gasteiger partial charge in [0, 0.05) is 0 Å². The number of carboxylic acid groups (broad SMARTS) is 1. The largest absolute Gasteiger partial charge is 0.480 e. The van der Waals surface area contributed by atoms with Crippen molar-refractivity contribution < 1.29 is 9.90 Å². The maximum Gasteiger partial charge on any atom is 0.324 e. The molecule has 1 atom stereocenters. The lowest BCUT2D eigenvalue weighted by Gasteiger charge is -2.10. The first-order chi connectivity index (χ1) is 5.63. The maximum atomic E-state index is 10.5. The highest BCUT2D eigenvalue weighted by Crippen LogP contribution is 2.09. The zero-order chi connectivity index (χ0) is 9.56. The van der Waals surface area contributed by atoms with Gasteiger partial charge in [-0.3, -0.25) is 4.79 Å². The molecule has 0 fully saturated rings. The normalized spacial score (nSPS) is 14.4. The van der Waals surface area contributed by atoms with Gasteiger partial charge in [0.05, 0.1) is 0 Å². The summed E-state index contributed by atoms with van der Waals surface area (Å²) in [5.41, 5.74) is 6.31. The molecule has 0 aromatic rings. The van der Waals surface area contributed by atoms with Crippen molar-refractivity contribution in [3.63, 3.8) is 0 Å². The fraction of sp³-hybridized carbons (Fsp3) is 0.667. The van der Waals surface area contributed by atoms with E-state index in [-0.39, 0.29) is 0 Å². The van der Waals surface area contributed by atoms with Gasteiger partial charge >= 0.3 is 5.97 Å². The number of allylic oxidation sites excluding steroid dienone is 1. The van der Waals surface area contributed by atoms with Gasteiger partial charge in [0.2, 0.25) is 0 Å². The van der Waals surface area contributed by atoms with Crippen molar-refractivity contribution in [1.82, 2.24) is 0 Å². The number of carboxylic acids is 1. The number of aliphatic carboxylic acids is 1. The van der Waals surface area contributed by atoms with Gasteiger partial charge in [-0.25, -0.2) is 0 Å². The van der Waals surface area contributed by atoms with Crippen molar-refractivity contribution >= 4 is 5.97 Å². The standard InChI is InChI=1S/C9H17NO2/c1-3-5-7(6-4-2)8(10)9(11)12/h5,8H,3-4,6,10H2,1-2H3,(H,11,12). The van der Waals surface area contributed by atoms with E-state index in [1.165, 1.54) is 0 Å². The molecule has 12 heavy (non-hydrogen) atoms. The van der Waals surface area contributed by atoms with Gasteiger partial charge in [0.25, 0.3) is 0 Å². The van der Waals surface area contributed by atoms with Crippen molar-refractivity contribution in [2.24, 2.45) is 5.73 Å². The van der Waals surface area contributed by atoms with Crippen molar-refractivity contribution in [3.8, 4) is 0 Å². The SMILES string of the molecule is CCC=C(CCC)C(N)C(=O)O. The summed E-state index contributed by atoms with van der Waals surface area (Å²) in [4.78, 5) is 10.5. The summed E-state index contributed by atoms with van der Waals surface area (Å²) in [6.07, 6.45) is 4.46. The summed E-state index contributed by atoms with van der Waals surface area (Å²) in [6.45, 7) is 3.99. The maximum absolute atomic E-state index is 10.5. The molecule has 0 saturated heterocycles. The number of rotatable bonds is 5. The molecule has 3 N–H and O–H groups in total. The second-order valence-corrected chi connectivity index (χ2v) is 2.75. The number of hydrogen-bond acceptors (Lipinski definition) is 2. The number of nitrogens with two attached hydrogens (primary N) is 1. The van der Waals surface area contributed by atoms with Crippen LogP contribution in [0.4, 0.5) is 0 Å². The summed E-state index contributed by atoms with van der Waals surface area (Å²) in [5, 5.41) is 8.64. The average molecular weight is 171 g/mol. The Morgan fingerprint density at radius 3 is 2.50 bits per heavy atom. The number of hydrogen-bond donors (Lipinski definition) is 2. The lowest BCUT2D eigenvalue weighted by atomic mass is 10.0. The van der Waals surface area contributed by atoms with E-state index in [1.807, 2.05) is 19.9 Å². The van der Waals surface area contributed by atoms with Crippen molar-refractivity contribution in [3.05, 3.63) is 11.6 Å². The lowest BCUT2D eigenvalue weighted by Crippen LogP contribution is -2.32. The molecule has 0 bridgehead atoms. The molecular weight excluding hydrogens is 154 g/mol. The van der Waals surface area contributed by atoms with Crippen LogP contribution in [0.3, 0.4) is 0 Å². The molecule has 0 saturated carbocycles. The van der Waals surface area contributed by atoms with Crippen LogP contribution in [0, 0.1) is 0 Å². The Kier molecular flexibility index (Phi) is 5.37. The topological polar surface area (TPSA) is 63.3 Å². The Hall–Kier alpha value is -0.830. The predicted molar refractivity (Wildman–Crippen MR) is 48.9 cm³/mol. The predicted octanol–water partition coefficient (Wildman–Crippen LogP) is 1.53. The second-order valence-electron chi connectivity index (χ2n) is 2.75. The summed E-state index contributed by atoms with van der Waals surface area (Å²) in [5.74, 6) is -0.942. The van der Waals surface area contributed by atoms with Gasteiger partial charge < -0.3 is 10.8 Å². The van der Waals surface area contributed by atoms with Crippen molar-refractivity contribution in [2.45, 2.75) is 39.2 Å². The third kappa shape index (κ3) is 3.53. The third-order valence-electron chi connectivity index (χ3n) is 1.67. The summed E-state index contributed by atoms with van der Waals surface area (Å²) in [6, 6.07) is -0.815. The van der Waals surface area contributed by atoms with Crippen LogP contribution in [0.5, 0.6) is 0 Å². The first-order valence-corrected chi connectivity index (χ1v) is 4.30. The molecule has 0 heterocycles. The molecule has 70 valence electrons. The molecule has 0 amide bonds. The Morgan fingerprint density at radius 1 is 1.58 bits per heavy atom. The van der Waals surface area contributed by atoms with Crippen molar-refractivity contribution in [1.29, 1.82) is 0 Å². The first kappa shape index (κ1) is 11.2. The van der Waals surface area contributed by atoms with Crippen molar-refractivity contribution in [2.75, 3.05) is 0 Å². The van der Waals surface area contributed by atoms with E-state index in [2.05, 4.69) is 0 Å². The summed E-state index contributed by atoms with van der Waals surface area (Å²) in [7, 11) is 0. The fourth-order valence-corrected chi connectivity index (χ4v) is 1.09. The van der Waals surface area contributed by atoms with Gasteiger partial charge in [0.15, 0.2) is 0 Å². The molecule has 0 radical (unpaired) electrons. The van der Waals surface area contributed by atoms with Gasteiger partial charge in [-0.05, 0) is 18.4 Å². The summed E-state index contributed by atoms with van der Waals surface area (Å²) >= 11 is 0. The van der Waals surface area contributed by atoms with Crippen LogP contribution in [0.15, 0.2) is 11.6 Å². The number of carbonyl (C=O) groups is 1. The fourth-order valence-electron chi connectivity index (χ4n) is 1.09. The Balaban J connectivity index is 4.29. The Bertz CT molecular complexity index is 175. The first-order valence-electron chi connectivity index (χ1n) is 4.30. The van der Waals surface area contributed by atoms with E-state index in [0.717, 1.165) is 24.8 Å². The molecule has 3 heteroatoms. The molecule has 0 aromatic carbocycles. The molecule has 0 aromatic heterocycles. The lowest BCUT2D eigenvalue weighted by molar-refractivity contribution is -0.137. The highest BCUT2D eigenvalue weighted by atomic mass is 16.4. The van der Waals surface area contributed by atoms with Gasteiger partial charge in [-0.15, -0.1) is 0 Å². The minimum Gasteiger partial charge on any atom is -0.480 e. The van der Waals surface area contributed by atoms with Crippen LogP contribution in [-0.2, 0) is 4.79 Å². The van der Waals surface area contributed by atoms with E-state index in [9.17, 15) is 4.79 Å².